The lowest BCUT2D eigenvalue weighted by Crippen LogP contribution is -2.38. The molecule has 2 heterocycles. The standard InChI is InChI=1S/C16H19NO3/c1-20-16(19)12-4-2-11(3-5-12)13-8-14-9-15(18)6-7-17(14)10-13/h2-5,13-14H,6-10H2,1H3/t13-,14+/m1/s1. The Kier molecular flexibility index (Phi) is 3.57. The lowest BCUT2D eigenvalue weighted by molar-refractivity contribution is -0.122. The van der Waals surface area contributed by atoms with Crippen molar-refractivity contribution in [1.29, 1.82) is 0 Å². The van der Waals surface area contributed by atoms with Crippen LogP contribution in [0.1, 0.15) is 41.1 Å². The van der Waals surface area contributed by atoms with E-state index in [0.29, 0.717) is 36.1 Å². The third-order valence-corrected chi connectivity index (χ3v) is 4.47. The fourth-order valence-electron chi connectivity index (χ4n) is 3.35. The maximum absolute atomic E-state index is 11.5. The molecule has 1 aromatic carbocycles. The molecule has 2 atom stereocenters. The van der Waals surface area contributed by atoms with Crippen molar-refractivity contribution in [3.05, 3.63) is 35.4 Å². The van der Waals surface area contributed by atoms with Gasteiger partial charge in [0.15, 0.2) is 0 Å². The van der Waals surface area contributed by atoms with Crippen molar-refractivity contribution in [2.75, 3.05) is 20.2 Å². The maximum atomic E-state index is 11.5. The van der Waals surface area contributed by atoms with Gasteiger partial charge in [-0.2, -0.15) is 0 Å². The molecule has 106 valence electrons. The SMILES string of the molecule is COC(=O)c1ccc([C@@H]2C[C@H]3CC(=O)CCN3C2)cc1. The lowest BCUT2D eigenvalue weighted by Gasteiger charge is -2.27. The van der Waals surface area contributed by atoms with E-state index in [0.717, 1.165) is 19.5 Å². The normalized spacial score (nSPS) is 26.4. The van der Waals surface area contributed by atoms with Crippen LogP contribution in [0.25, 0.3) is 0 Å². The number of carbonyl (C=O) groups excluding carboxylic acids is 2. The molecule has 2 aliphatic heterocycles. The summed E-state index contributed by atoms with van der Waals surface area (Å²) in [4.78, 5) is 25.4. The van der Waals surface area contributed by atoms with Crippen LogP contribution in [0, 0.1) is 0 Å². The van der Waals surface area contributed by atoms with Gasteiger partial charge in [-0.25, -0.2) is 4.79 Å². The molecule has 4 heteroatoms. The smallest absolute Gasteiger partial charge is 0.337 e. The summed E-state index contributed by atoms with van der Waals surface area (Å²) in [5, 5.41) is 0. The Morgan fingerprint density at radius 3 is 2.75 bits per heavy atom. The molecule has 0 unspecified atom stereocenters. The van der Waals surface area contributed by atoms with Gasteiger partial charge >= 0.3 is 5.97 Å². The molecular weight excluding hydrogens is 254 g/mol. The fourth-order valence-corrected chi connectivity index (χ4v) is 3.35. The molecule has 0 spiro atoms. The third-order valence-electron chi connectivity index (χ3n) is 4.47. The van der Waals surface area contributed by atoms with E-state index < -0.39 is 0 Å². The van der Waals surface area contributed by atoms with Gasteiger partial charge in [-0.3, -0.25) is 9.69 Å². The van der Waals surface area contributed by atoms with E-state index in [1.807, 2.05) is 24.3 Å². The van der Waals surface area contributed by atoms with Gasteiger partial charge < -0.3 is 4.74 Å². The molecule has 0 aromatic heterocycles. The number of esters is 1. The largest absolute Gasteiger partial charge is 0.465 e. The summed E-state index contributed by atoms with van der Waals surface area (Å²) < 4.78 is 4.71. The first-order valence-corrected chi connectivity index (χ1v) is 7.11. The van der Waals surface area contributed by atoms with Crippen LogP contribution in [0.4, 0.5) is 0 Å². The second-order valence-electron chi connectivity index (χ2n) is 5.69. The van der Waals surface area contributed by atoms with Crippen LogP contribution in [0.15, 0.2) is 24.3 Å². The van der Waals surface area contributed by atoms with Gasteiger partial charge in [-0.15, -0.1) is 0 Å². The van der Waals surface area contributed by atoms with Gasteiger partial charge in [-0.05, 0) is 30.0 Å². The average Bonchev–Trinajstić information content (AvgIpc) is 2.89. The van der Waals surface area contributed by atoms with E-state index in [-0.39, 0.29) is 5.97 Å². The van der Waals surface area contributed by atoms with Gasteiger partial charge in [0, 0.05) is 32.0 Å². The molecule has 1 aromatic rings. The Morgan fingerprint density at radius 2 is 2.05 bits per heavy atom. The second-order valence-corrected chi connectivity index (χ2v) is 5.69. The minimum Gasteiger partial charge on any atom is -0.465 e. The minimum atomic E-state index is -0.300. The Labute approximate surface area is 118 Å². The highest BCUT2D eigenvalue weighted by molar-refractivity contribution is 5.89. The summed E-state index contributed by atoms with van der Waals surface area (Å²) in [6.07, 6.45) is 2.45. The molecule has 20 heavy (non-hydrogen) atoms. The Balaban J connectivity index is 1.71. The number of fused-ring (bicyclic) bond motifs is 1. The molecule has 0 radical (unpaired) electrons. The highest BCUT2D eigenvalue weighted by atomic mass is 16.5. The van der Waals surface area contributed by atoms with Crippen molar-refractivity contribution < 1.29 is 14.3 Å². The molecule has 3 rings (SSSR count). The summed E-state index contributed by atoms with van der Waals surface area (Å²) >= 11 is 0. The van der Waals surface area contributed by atoms with E-state index >= 15 is 0 Å². The Bertz CT molecular complexity index is 523. The number of ether oxygens (including phenoxy) is 1. The summed E-state index contributed by atoms with van der Waals surface area (Å²) in [7, 11) is 1.39. The summed E-state index contributed by atoms with van der Waals surface area (Å²) in [5.74, 6) is 0.566. The second kappa shape index (κ2) is 5.37. The molecule has 2 fully saturated rings. The quantitative estimate of drug-likeness (QED) is 0.773. The summed E-state index contributed by atoms with van der Waals surface area (Å²) in [5.41, 5.74) is 1.83. The molecule has 2 aliphatic rings. The number of nitrogens with zero attached hydrogens (tertiary/aromatic N) is 1. The lowest BCUT2D eigenvalue weighted by atomic mass is 9.93. The molecule has 0 saturated carbocycles. The topological polar surface area (TPSA) is 46.6 Å². The van der Waals surface area contributed by atoms with E-state index in [1.165, 1.54) is 12.7 Å². The molecule has 0 N–H and O–H groups in total. The average molecular weight is 273 g/mol. The van der Waals surface area contributed by atoms with Gasteiger partial charge in [0.2, 0.25) is 0 Å². The van der Waals surface area contributed by atoms with E-state index in [2.05, 4.69) is 4.90 Å². The highest BCUT2D eigenvalue weighted by Gasteiger charge is 2.36. The van der Waals surface area contributed by atoms with Crippen LogP contribution in [-0.2, 0) is 9.53 Å². The highest BCUT2D eigenvalue weighted by Crippen LogP contribution is 2.35. The monoisotopic (exact) mass is 273 g/mol. The van der Waals surface area contributed by atoms with Crippen LogP contribution in [0.5, 0.6) is 0 Å². The number of methoxy groups -OCH3 is 1. The van der Waals surface area contributed by atoms with E-state index in [9.17, 15) is 9.59 Å². The number of Topliss-reactive ketones (excluding diaryl/α,β-unsaturated/α-hetero) is 1. The number of carbonyl (C=O) groups is 2. The number of piperidine rings is 1. The van der Waals surface area contributed by atoms with Crippen molar-refractivity contribution >= 4 is 11.8 Å². The predicted molar refractivity (Wildman–Crippen MR) is 74.7 cm³/mol. The first-order chi connectivity index (χ1) is 9.67. The van der Waals surface area contributed by atoms with Gasteiger partial charge in [0.1, 0.15) is 5.78 Å². The van der Waals surface area contributed by atoms with Crippen LogP contribution < -0.4 is 0 Å². The number of hydrogen-bond donors (Lipinski definition) is 0. The third kappa shape index (κ3) is 2.48. The van der Waals surface area contributed by atoms with Crippen LogP contribution in [0.3, 0.4) is 0 Å². The maximum Gasteiger partial charge on any atom is 0.337 e. The predicted octanol–water partition coefficient (Wildman–Crippen LogP) is 1.99. The molecule has 4 nitrogen and oxygen atoms in total. The van der Waals surface area contributed by atoms with Gasteiger partial charge in [-0.1, -0.05) is 12.1 Å². The number of benzene rings is 1. The zero-order valence-corrected chi connectivity index (χ0v) is 11.7. The van der Waals surface area contributed by atoms with E-state index in [4.69, 9.17) is 4.74 Å². The molecule has 0 bridgehead atoms. The first-order valence-electron chi connectivity index (χ1n) is 7.11. The van der Waals surface area contributed by atoms with Crippen LogP contribution in [-0.4, -0.2) is 42.9 Å². The zero-order chi connectivity index (χ0) is 14.1. The van der Waals surface area contributed by atoms with Crippen molar-refractivity contribution in [3.63, 3.8) is 0 Å². The van der Waals surface area contributed by atoms with Crippen molar-refractivity contribution in [2.24, 2.45) is 0 Å². The van der Waals surface area contributed by atoms with Crippen molar-refractivity contribution in [3.8, 4) is 0 Å². The van der Waals surface area contributed by atoms with Crippen LogP contribution >= 0.6 is 0 Å². The van der Waals surface area contributed by atoms with Crippen LogP contribution in [0.2, 0.25) is 0 Å². The Morgan fingerprint density at radius 1 is 1.30 bits per heavy atom. The molecule has 2 saturated heterocycles. The van der Waals surface area contributed by atoms with Gasteiger partial charge in [0.25, 0.3) is 0 Å². The van der Waals surface area contributed by atoms with Crippen molar-refractivity contribution in [1.82, 2.24) is 4.90 Å². The Hall–Kier alpha value is -1.68. The first kappa shape index (κ1) is 13.3. The minimum absolute atomic E-state index is 0.300. The summed E-state index contributed by atoms with van der Waals surface area (Å²) in [6, 6.07) is 8.09. The molecule has 0 amide bonds. The van der Waals surface area contributed by atoms with Crippen molar-refractivity contribution in [2.45, 2.75) is 31.2 Å². The number of ketones is 1. The number of rotatable bonds is 2. The molecular formula is C16H19NO3. The number of hydrogen-bond acceptors (Lipinski definition) is 4. The summed E-state index contributed by atoms with van der Waals surface area (Å²) in [6.45, 7) is 1.93. The molecule has 0 aliphatic carbocycles. The zero-order valence-electron chi connectivity index (χ0n) is 11.7. The van der Waals surface area contributed by atoms with Gasteiger partial charge in [0.05, 0.1) is 12.7 Å². The fraction of sp³-hybridized carbons (Fsp3) is 0.500. The van der Waals surface area contributed by atoms with E-state index in [1.54, 1.807) is 0 Å².